The number of piperazine rings is 1. The number of amides is 1. The lowest BCUT2D eigenvalue weighted by atomic mass is 9.99. The lowest BCUT2D eigenvalue weighted by Crippen LogP contribution is -2.62. The molecule has 0 saturated carbocycles. The number of carbonyl (C=O) groups excluding carboxylic acids is 1. The molecular formula is C19H29ClN8O2. The van der Waals surface area contributed by atoms with E-state index in [1.54, 1.807) is 12.4 Å². The number of carbonyl (C=O) groups is 1. The monoisotopic (exact) mass is 436 g/mol. The molecule has 4 rings (SSSR count). The predicted octanol–water partition coefficient (Wildman–Crippen LogP) is 0.0982. The van der Waals surface area contributed by atoms with Crippen LogP contribution in [0.5, 0.6) is 0 Å². The minimum atomic E-state index is -1.19. The topological polar surface area (TPSA) is 128 Å². The van der Waals surface area contributed by atoms with Gasteiger partial charge in [-0.1, -0.05) is 5.18 Å². The van der Waals surface area contributed by atoms with Crippen LogP contribution in [0.4, 0.5) is 11.4 Å². The molecule has 1 aromatic heterocycles. The van der Waals surface area contributed by atoms with Gasteiger partial charge in [-0.2, -0.15) is 0 Å². The molecule has 5 N–H and O–H groups in total. The number of nitrogens with zero attached hydrogens (tertiary/aromatic N) is 4. The zero-order valence-electron chi connectivity index (χ0n) is 16.8. The Bertz CT molecular complexity index is 760. The van der Waals surface area contributed by atoms with E-state index in [4.69, 9.17) is 17.3 Å². The van der Waals surface area contributed by atoms with Gasteiger partial charge in [0, 0.05) is 45.0 Å². The predicted molar refractivity (Wildman–Crippen MR) is 116 cm³/mol. The zero-order chi connectivity index (χ0) is 21.1. The molecule has 4 heterocycles. The highest BCUT2D eigenvalue weighted by atomic mass is 35.5. The molecule has 10 nitrogen and oxygen atoms in total. The third kappa shape index (κ3) is 4.57. The van der Waals surface area contributed by atoms with Crippen molar-refractivity contribution in [2.45, 2.75) is 36.6 Å². The minimum absolute atomic E-state index is 0.0930. The van der Waals surface area contributed by atoms with E-state index < -0.39 is 18.2 Å². The summed E-state index contributed by atoms with van der Waals surface area (Å²) in [6, 6.07) is 2.47. The van der Waals surface area contributed by atoms with Gasteiger partial charge in [-0.15, -0.1) is 16.5 Å². The number of anilines is 2. The van der Waals surface area contributed by atoms with Crippen molar-refractivity contribution >= 4 is 28.9 Å². The molecule has 3 aliphatic heterocycles. The fourth-order valence-electron chi connectivity index (χ4n) is 4.66. The van der Waals surface area contributed by atoms with E-state index in [2.05, 4.69) is 35.9 Å². The van der Waals surface area contributed by atoms with Crippen LogP contribution >= 0.6 is 11.6 Å². The van der Waals surface area contributed by atoms with Crippen molar-refractivity contribution in [1.82, 2.24) is 20.5 Å². The summed E-state index contributed by atoms with van der Waals surface area (Å²) in [6.07, 6.45) is 4.13. The Hall–Kier alpha value is -1.85. The summed E-state index contributed by atoms with van der Waals surface area (Å²) < 4.78 is 0. The molecule has 0 aromatic carbocycles. The van der Waals surface area contributed by atoms with Gasteiger partial charge in [-0.3, -0.25) is 25.3 Å². The second kappa shape index (κ2) is 9.52. The highest BCUT2D eigenvalue weighted by Crippen LogP contribution is 2.30. The standard InChI is InChI=1S/C19H29ClN8O2/c20-12-8-23-18(24-9-12)16(17(21)26-30)19(29)25-14-10-22-4-3-15(14)28-7-6-27-5-1-2-13(27)11-28/h3-4,10,12-13,16-18,23-24H,1-2,5-9,11,21H2,(H,25,29)/t12?,13-,16?,17?,18?/m0/s1. The molecule has 3 aliphatic rings. The van der Waals surface area contributed by atoms with Crippen LogP contribution in [0.15, 0.2) is 23.6 Å². The number of aromatic nitrogens is 1. The number of halogens is 1. The minimum Gasteiger partial charge on any atom is -0.367 e. The van der Waals surface area contributed by atoms with Crippen LogP contribution < -0.4 is 26.6 Å². The number of rotatable bonds is 6. The maximum Gasteiger partial charge on any atom is 0.234 e. The number of nitroso groups, excluding NO2 is 1. The third-order valence-corrected chi connectivity index (χ3v) is 6.56. The normalized spacial score (nSPS) is 29.1. The Labute approximate surface area is 180 Å². The molecule has 1 amide bonds. The number of alkyl halides is 1. The Balaban J connectivity index is 1.50. The molecule has 30 heavy (non-hydrogen) atoms. The summed E-state index contributed by atoms with van der Waals surface area (Å²) in [6.45, 7) is 5.02. The van der Waals surface area contributed by atoms with Gasteiger partial charge in [0.25, 0.3) is 0 Å². The van der Waals surface area contributed by atoms with Crippen LogP contribution in [0.1, 0.15) is 12.8 Å². The maximum atomic E-state index is 13.2. The van der Waals surface area contributed by atoms with Gasteiger partial charge in [0.2, 0.25) is 5.91 Å². The fourth-order valence-corrected chi connectivity index (χ4v) is 4.84. The van der Waals surface area contributed by atoms with Gasteiger partial charge in [0.1, 0.15) is 5.92 Å². The van der Waals surface area contributed by atoms with Crippen molar-refractivity contribution in [3.63, 3.8) is 0 Å². The third-order valence-electron chi connectivity index (χ3n) is 6.25. The summed E-state index contributed by atoms with van der Waals surface area (Å²) in [5.74, 6) is -1.26. The first kappa shape index (κ1) is 21.4. The molecule has 164 valence electrons. The van der Waals surface area contributed by atoms with Gasteiger partial charge in [0.15, 0.2) is 6.17 Å². The van der Waals surface area contributed by atoms with Crippen molar-refractivity contribution in [2.24, 2.45) is 16.8 Å². The Morgan fingerprint density at radius 2 is 2.13 bits per heavy atom. The molecular weight excluding hydrogens is 408 g/mol. The number of fused-ring (bicyclic) bond motifs is 1. The number of hydrogen-bond acceptors (Lipinski definition) is 9. The molecule has 1 aromatic rings. The first-order chi connectivity index (χ1) is 14.6. The van der Waals surface area contributed by atoms with E-state index in [0.717, 1.165) is 25.3 Å². The summed E-state index contributed by atoms with van der Waals surface area (Å²) in [5.41, 5.74) is 7.44. The van der Waals surface area contributed by atoms with Gasteiger partial charge in [-0.25, -0.2) is 0 Å². The second-order valence-corrected chi connectivity index (χ2v) is 8.79. The van der Waals surface area contributed by atoms with E-state index in [1.165, 1.54) is 19.4 Å². The molecule has 3 fully saturated rings. The average Bonchev–Trinajstić information content (AvgIpc) is 3.23. The number of pyridine rings is 1. The highest BCUT2D eigenvalue weighted by Gasteiger charge is 2.37. The molecule has 2 unspecified atom stereocenters. The molecule has 11 heteroatoms. The smallest absolute Gasteiger partial charge is 0.234 e. The molecule has 0 aliphatic carbocycles. The summed E-state index contributed by atoms with van der Waals surface area (Å²) >= 11 is 6.10. The Morgan fingerprint density at radius 1 is 1.33 bits per heavy atom. The van der Waals surface area contributed by atoms with Crippen LogP contribution in [0.25, 0.3) is 0 Å². The molecule has 3 atom stereocenters. The van der Waals surface area contributed by atoms with E-state index in [0.29, 0.717) is 24.8 Å². The molecule has 0 spiro atoms. The first-order valence-electron chi connectivity index (χ1n) is 10.5. The van der Waals surface area contributed by atoms with E-state index in [9.17, 15) is 9.70 Å². The zero-order valence-corrected chi connectivity index (χ0v) is 17.6. The van der Waals surface area contributed by atoms with Gasteiger partial charge < -0.3 is 16.0 Å². The SMILES string of the molecule is NC(N=O)C(C(=O)Nc1cnccc1N1CCN2CCC[C@H]2C1)C1NCC(Cl)CN1. The summed E-state index contributed by atoms with van der Waals surface area (Å²) in [7, 11) is 0. The fraction of sp³-hybridized carbons (Fsp3) is 0.684. The quantitative estimate of drug-likeness (QED) is 0.365. The van der Waals surface area contributed by atoms with Crippen molar-refractivity contribution in [3.05, 3.63) is 23.4 Å². The van der Waals surface area contributed by atoms with Crippen LogP contribution in [0.2, 0.25) is 0 Å². The lowest BCUT2D eigenvalue weighted by Gasteiger charge is -2.39. The van der Waals surface area contributed by atoms with E-state index in [-0.39, 0.29) is 11.3 Å². The first-order valence-corrected chi connectivity index (χ1v) is 10.9. The maximum absolute atomic E-state index is 13.2. The Morgan fingerprint density at radius 3 is 2.90 bits per heavy atom. The van der Waals surface area contributed by atoms with Crippen molar-refractivity contribution in [1.29, 1.82) is 0 Å². The van der Waals surface area contributed by atoms with Crippen molar-refractivity contribution < 1.29 is 4.79 Å². The van der Waals surface area contributed by atoms with Crippen molar-refractivity contribution in [3.8, 4) is 0 Å². The largest absolute Gasteiger partial charge is 0.367 e. The van der Waals surface area contributed by atoms with E-state index >= 15 is 0 Å². The van der Waals surface area contributed by atoms with Gasteiger partial charge in [0.05, 0.1) is 29.1 Å². The van der Waals surface area contributed by atoms with Gasteiger partial charge in [-0.05, 0) is 25.5 Å². The van der Waals surface area contributed by atoms with Crippen LogP contribution in [-0.2, 0) is 4.79 Å². The van der Waals surface area contributed by atoms with Crippen LogP contribution in [0, 0.1) is 10.8 Å². The molecule has 0 bridgehead atoms. The number of nitrogens with one attached hydrogen (secondary N) is 3. The second-order valence-electron chi connectivity index (χ2n) is 8.17. The highest BCUT2D eigenvalue weighted by molar-refractivity contribution is 6.21. The Kier molecular flexibility index (Phi) is 6.79. The molecule has 0 radical (unpaired) electrons. The van der Waals surface area contributed by atoms with Gasteiger partial charge >= 0.3 is 0 Å². The number of hydrogen-bond donors (Lipinski definition) is 4. The average molecular weight is 437 g/mol. The van der Waals surface area contributed by atoms with Crippen LogP contribution in [-0.4, -0.2) is 78.8 Å². The lowest BCUT2D eigenvalue weighted by molar-refractivity contribution is -0.121. The van der Waals surface area contributed by atoms with Crippen LogP contribution in [0.3, 0.4) is 0 Å². The molecule has 3 saturated heterocycles. The van der Waals surface area contributed by atoms with Crippen molar-refractivity contribution in [2.75, 3.05) is 49.5 Å². The van der Waals surface area contributed by atoms with E-state index in [1.807, 2.05) is 6.07 Å². The summed E-state index contributed by atoms with van der Waals surface area (Å²) in [5, 5.41) is 12.0. The summed E-state index contributed by atoms with van der Waals surface area (Å²) in [4.78, 5) is 33.3. The number of nitrogens with two attached hydrogens (primary N) is 1.